The number of carbonyl (C=O) groups is 1. The minimum Gasteiger partial charge on any atom is -0.354 e. The predicted octanol–water partition coefficient (Wildman–Crippen LogP) is 2.34. The number of hydrogen-bond acceptors (Lipinski definition) is 3. The maximum atomic E-state index is 11.7. The van der Waals surface area contributed by atoms with Gasteiger partial charge in [0.05, 0.1) is 16.1 Å². The van der Waals surface area contributed by atoms with Crippen LogP contribution in [0.5, 0.6) is 0 Å². The molecule has 0 aliphatic carbocycles. The summed E-state index contributed by atoms with van der Waals surface area (Å²) in [6, 6.07) is 4.70. The van der Waals surface area contributed by atoms with Gasteiger partial charge in [0, 0.05) is 12.3 Å². The third-order valence-electron chi connectivity index (χ3n) is 2.38. The lowest BCUT2D eigenvalue weighted by Gasteiger charge is -2.12. The molecule has 0 heterocycles. The van der Waals surface area contributed by atoms with Crippen LogP contribution in [0, 0.1) is 0 Å². The molecule has 0 radical (unpaired) electrons. The van der Waals surface area contributed by atoms with Crippen molar-refractivity contribution in [3.05, 3.63) is 33.8 Å². The molecule has 0 bridgehead atoms. The van der Waals surface area contributed by atoms with Gasteiger partial charge in [-0.15, -0.1) is 0 Å². The fourth-order valence-electron chi connectivity index (χ4n) is 1.42. The molecule has 18 heavy (non-hydrogen) atoms. The summed E-state index contributed by atoms with van der Waals surface area (Å²) in [6.07, 6.45) is 2.43. The Bertz CT molecular complexity index is 415. The summed E-state index contributed by atoms with van der Waals surface area (Å²) in [5.41, 5.74) is 6.72. The average molecular weight is 307 g/mol. The van der Waals surface area contributed by atoms with Crippen molar-refractivity contribution in [2.75, 3.05) is 18.6 Å². The van der Waals surface area contributed by atoms with E-state index in [0.717, 1.165) is 11.3 Å². The number of nitrogens with one attached hydrogen (secondary N) is 1. The van der Waals surface area contributed by atoms with Crippen LogP contribution in [0.3, 0.4) is 0 Å². The molecule has 1 rings (SSSR count). The monoisotopic (exact) mass is 306 g/mol. The topological polar surface area (TPSA) is 55.1 Å². The zero-order chi connectivity index (χ0) is 13.5. The molecule has 1 amide bonds. The molecule has 1 aromatic rings. The van der Waals surface area contributed by atoms with Crippen molar-refractivity contribution in [2.45, 2.75) is 12.5 Å². The van der Waals surface area contributed by atoms with E-state index in [0.29, 0.717) is 23.0 Å². The quantitative estimate of drug-likeness (QED) is 0.793. The third-order valence-corrected chi connectivity index (χ3v) is 3.73. The molecule has 0 saturated heterocycles. The van der Waals surface area contributed by atoms with Crippen LogP contribution < -0.4 is 11.1 Å². The molecule has 6 heteroatoms. The first-order valence-corrected chi connectivity index (χ1v) is 7.65. The molecule has 0 spiro atoms. The fourth-order valence-corrected chi connectivity index (χ4v) is 2.05. The van der Waals surface area contributed by atoms with Crippen molar-refractivity contribution in [1.82, 2.24) is 5.32 Å². The van der Waals surface area contributed by atoms with Crippen molar-refractivity contribution < 1.29 is 4.79 Å². The summed E-state index contributed by atoms with van der Waals surface area (Å²) in [7, 11) is 0. The van der Waals surface area contributed by atoms with Gasteiger partial charge < -0.3 is 11.1 Å². The van der Waals surface area contributed by atoms with Gasteiger partial charge in [-0.25, -0.2) is 0 Å². The van der Waals surface area contributed by atoms with Gasteiger partial charge in [-0.2, -0.15) is 11.8 Å². The minimum atomic E-state index is -0.566. The van der Waals surface area contributed by atoms with Crippen molar-refractivity contribution in [3.8, 4) is 0 Å². The Kier molecular flexibility index (Phi) is 6.86. The van der Waals surface area contributed by atoms with Crippen LogP contribution in [0.1, 0.15) is 5.56 Å². The molecular formula is C12H16Cl2N2OS. The van der Waals surface area contributed by atoms with Crippen molar-refractivity contribution >= 4 is 40.9 Å². The maximum Gasteiger partial charge on any atom is 0.237 e. The van der Waals surface area contributed by atoms with Crippen LogP contribution in [0.4, 0.5) is 0 Å². The third kappa shape index (κ3) is 5.06. The number of benzene rings is 1. The van der Waals surface area contributed by atoms with Crippen LogP contribution in [0.2, 0.25) is 10.0 Å². The van der Waals surface area contributed by atoms with Gasteiger partial charge in [-0.05, 0) is 30.4 Å². The summed E-state index contributed by atoms with van der Waals surface area (Å²) in [5, 5.41) is 3.76. The Labute approximate surface area is 121 Å². The zero-order valence-electron chi connectivity index (χ0n) is 10.1. The van der Waals surface area contributed by atoms with E-state index in [1.807, 2.05) is 12.3 Å². The Morgan fingerprint density at radius 3 is 2.78 bits per heavy atom. The molecule has 1 atom stereocenters. The molecule has 3 nitrogen and oxygen atoms in total. The van der Waals surface area contributed by atoms with Gasteiger partial charge in [0.15, 0.2) is 0 Å². The molecule has 3 N–H and O–H groups in total. The molecule has 1 aromatic carbocycles. The number of nitrogens with two attached hydrogens (primary N) is 1. The van der Waals surface area contributed by atoms with Crippen LogP contribution in [0.15, 0.2) is 18.2 Å². The number of amides is 1. The first kappa shape index (κ1) is 15.6. The Morgan fingerprint density at radius 2 is 2.17 bits per heavy atom. The molecule has 100 valence electrons. The molecule has 1 unspecified atom stereocenters. The predicted molar refractivity (Wildman–Crippen MR) is 79.5 cm³/mol. The number of halogens is 2. The van der Waals surface area contributed by atoms with Crippen LogP contribution in [-0.2, 0) is 11.2 Å². The molecular weight excluding hydrogens is 291 g/mol. The first-order chi connectivity index (χ1) is 8.54. The Morgan fingerprint density at radius 1 is 1.44 bits per heavy atom. The van der Waals surface area contributed by atoms with Crippen molar-refractivity contribution in [2.24, 2.45) is 5.73 Å². The second-order valence-corrected chi connectivity index (χ2v) is 5.64. The highest BCUT2D eigenvalue weighted by Crippen LogP contribution is 2.22. The summed E-state index contributed by atoms with van der Waals surface area (Å²) in [6.45, 7) is 0.634. The number of rotatable bonds is 6. The zero-order valence-corrected chi connectivity index (χ0v) is 12.4. The highest BCUT2D eigenvalue weighted by molar-refractivity contribution is 7.98. The van der Waals surface area contributed by atoms with Gasteiger partial charge >= 0.3 is 0 Å². The van der Waals surface area contributed by atoms with E-state index in [-0.39, 0.29) is 5.91 Å². The Balaban J connectivity index is 2.50. The van der Waals surface area contributed by atoms with E-state index in [1.165, 1.54) is 0 Å². The lowest BCUT2D eigenvalue weighted by molar-refractivity contribution is -0.122. The molecule has 0 aromatic heterocycles. The smallest absolute Gasteiger partial charge is 0.237 e. The number of hydrogen-bond donors (Lipinski definition) is 2. The summed E-state index contributed by atoms with van der Waals surface area (Å²) < 4.78 is 0. The standard InChI is InChI=1S/C12H16Cl2N2OS/c1-18-5-4-16-12(17)11(15)7-8-2-3-9(13)10(14)6-8/h2-3,6,11H,4-5,7,15H2,1H3,(H,16,17). The highest BCUT2D eigenvalue weighted by atomic mass is 35.5. The van der Waals surface area contributed by atoms with Gasteiger partial charge in [0.1, 0.15) is 0 Å². The van der Waals surface area contributed by atoms with Gasteiger partial charge in [0.25, 0.3) is 0 Å². The van der Waals surface area contributed by atoms with Gasteiger partial charge in [0.2, 0.25) is 5.91 Å². The van der Waals surface area contributed by atoms with E-state index < -0.39 is 6.04 Å². The van der Waals surface area contributed by atoms with Crippen LogP contribution in [-0.4, -0.2) is 30.5 Å². The largest absolute Gasteiger partial charge is 0.354 e. The van der Waals surface area contributed by atoms with E-state index in [2.05, 4.69) is 5.32 Å². The molecule has 0 aliphatic heterocycles. The molecule has 0 saturated carbocycles. The summed E-state index contributed by atoms with van der Waals surface area (Å²) in [4.78, 5) is 11.7. The van der Waals surface area contributed by atoms with Crippen molar-refractivity contribution in [3.63, 3.8) is 0 Å². The SMILES string of the molecule is CSCCNC(=O)C(N)Cc1ccc(Cl)c(Cl)c1. The van der Waals surface area contributed by atoms with E-state index in [4.69, 9.17) is 28.9 Å². The Hall–Kier alpha value is -0.420. The lowest BCUT2D eigenvalue weighted by Crippen LogP contribution is -2.42. The minimum absolute atomic E-state index is 0.143. The maximum absolute atomic E-state index is 11.7. The van der Waals surface area contributed by atoms with Crippen LogP contribution in [0.25, 0.3) is 0 Å². The summed E-state index contributed by atoms with van der Waals surface area (Å²) in [5.74, 6) is 0.737. The highest BCUT2D eigenvalue weighted by Gasteiger charge is 2.13. The van der Waals surface area contributed by atoms with E-state index in [9.17, 15) is 4.79 Å². The first-order valence-electron chi connectivity index (χ1n) is 5.50. The van der Waals surface area contributed by atoms with Gasteiger partial charge in [-0.1, -0.05) is 29.3 Å². The van der Waals surface area contributed by atoms with E-state index >= 15 is 0 Å². The second kappa shape index (κ2) is 7.89. The normalized spacial score (nSPS) is 12.2. The summed E-state index contributed by atoms with van der Waals surface area (Å²) >= 11 is 13.4. The number of thioether (sulfide) groups is 1. The number of carbonyl (C=O) groups excluding carboxylic acids is 1. The molecule has 0 fully saturated rings. The van der Waals surface area contributed by atoms with Crippen molar-refractivity contribution in [1.29, 1.82) is 0 Å². The lowest BCUT2D eigenvalue weighted by atomic mass is 10.1. The fraction of sp³-hybridized carbons (Fsp3) is 0.417. The van der Waals surface area contributed by atoms with E-state index in [1.54, 1.807) is 23.9 Å². The van der Waals surface area contributed by atoms with Crippen LogP contribution >= 0.6 is 35.0 Å². The average Bonchev–Trinajstić information content (AvgIpc) is 2.34. The van der Waals surface area contributed by atoms with Gasteiger partial charge in [-0.3, -0.25) is 4.79 Å². The second-order valence-electron chi connectivity index (χ2n) is 3.84. The molecule has 0 aliphatic rings.